The van der Waals surface area contributed by atoms with Gasteiger partial charge in [0.1, 0.15) is 5.75 Å². The molecule has 0 spiro atoms. The number of hydrogen-bond acceptors (Lipinski definition) is 2. The first-order chi connectivity index (χ1) is 8.22. The predicted molar refractivity (Wildman–Crippen MR) is 67.5 cm³/mol. The van der Waals surface area contributed by atoms with Crippen molar-refractivity contribution in [1.29, 1.82) is 0 Å². The van der Waals surface area contributed by atoms with Gasteiger partial charge in [-0.05, 0) is 36.5 Å². The highest BCUT2D eigenvalue weighted by atomic mass is 16.5. The van der Waals surface area contributed by atoms with Crippen molar-refractivity contribution in [3.8, 4) is 5.75 Å². The molecule has 1 atom stereocenters. The van der Waals surface area contributed by atoms with Crippen molar-refractivity contribution in [2.75, 3.05) is 7.11 Å². The average Bonchev–Trinajstić information content (AvgIpc) is 2.39. The van der Waals surface area contributed by atoms with Crippen LogP contribution in [0.4, 0.5) is 0 Å². The van der Waals surface area contributed by atoms with E-state index in [4.69, 9.17) is 9.84 Å². The third kappa shape index (κ3) is 2.99. The molecule has 94 valence electrons. The molecule has 0 bridgehead atoms. The molecule has 3 heteroatoms. The molecular formula is C14H20O3. The lowest BCUT2D eigenvalue weighted by molar-refractivity contribution is -0.142. The number of benzene rings is 1. The van der Waals surface area contributed by atoms with Crippen LogP contribution in [0.5, 0.6) is 5.75 Å². The highest BCUT2D eigenvalue weighted by Gasteiger charge is 2.25. The topological polar surface area (TPSA) is 46.5 Å². The summed E-state index contributed by atoms with van der Waals surface area (Å²) < 4.78 is 5.25. The monoisotopic (exact) mass is 236 g/mol. The molecule has 2 rings (SSSR count). The number of methoxy groups -OCH3 is 1. The van der Waals surface area contributed by atoms with Crippen LogP contribution < -0.4 is 4.74 Å². The fourth-order valence-electron chi connectivity index (χ4n) is 2.16. The van der Waals surface area contributed by atoms with E-state index in [1.165, 1.54) is 5.56 Å². The Bertz CT molecular complexity index is 371. The number of carboxylic acid groups (broad SMARTS) is 1. The Hall–Kier alpha value is -1.51. The maximum Gasteiger partial charge on any atom is 0.306 e. The lowest BCUT2D eigenvalue weighted by atomic mass is 9.83. The normalized spacial score (nSPS) is 17.5. The minimum atomic E-state index is -0.702. The van der Waals surface area contributed by atoms with Crippen LogP contribution in [-0.4, -0.2) is 18.2 Å². The molecule has 0 aliphatic heterocycles. The van der Waals surface area contributed by atoms with E-state index in [2.05, 4.69) is 6.07 Å². The molecule has 0 saturated heterocycles. The molecule has 1 aromatic carbocycles. The zero-order chi connectivity index (χ0) is 12.8. The van der Waals surface area contributed by atoms with Gasteiger partial charge in [0.25, 0.3) is 0 Å². The average molecular weight is 236 g/mol. The Morgan fingerprint density at radius 3 is 2.71 bits per heavy atom. The van der Waals surface area contributed by atoms with E-state index < -0.39 is 5.97 Å². The number of carbonyl (C=O) groups is 1. The van der Waals surface area contributed by atoms with E-state index in [1.807, 2.05) is 26.0 Å². The van der Waals surface area contributed by atoms with Gasteiger partial charge in [-0.15, -0.1) is 0 Å². The summed E-state index contributed by atoms with van der Waals surface area (Å²) >= 11 is 0. The minimum absolute atomic E-state index is 0.256. The standard InChI is InChI=1S/C12H14O3.C2H6/c1-15-11-4-2-3-8-5-6-9(12(13)14)7-10(8)11;1-2/h2-4,9H,5-7H2,1H3,(H,13,14);1-2H3. The molecule has 1 aromatic rings. The fraction of sp³-hybridized carbons (Fsp3) is 0.500. The highest BCUT2D eigenvalue weighted by Crippen LogP contribution is 2.32. The van der Waals surface area contributed by atoms with Crippen molar-refractivity contribution in [3.63, 3.8) is 0 Å². The molecule has 0 heterocycles. The smallest absolute Gasteiger partial charge is 0.306 e. The Balaban J connectivity index is 0.000000686. The van der Waals surface area contributed by atoms with Gasteiger partial charge < -0.3 is 9.84 Å². The maximum atomic E-state index is 10.9. The number of fused-ring (bicyclic) bond motifs is 1. The van der Waals surface area contributed by atoms with E-state index in [0.29, 0.717) is 6.42 Å². The molecule has 1 aliphatic rings. The van der Waals surface area contributed by atoms with Crippen molar-refractivity contribution in [2.24, 2.45) is 5.92 Å². The molecule has 3 nitrogen and oxygen atoms in total. The molecular weight excluding hydrogens is 216 g/mol. The van der Waals surface area contributed by atoms with Gasteiger partial charge in [-0.1, -0.05) is 26.0 Å². The van der Waals surface area contributed by atoms with Gasteiger partial charge in [0, 0.05) is 0 Å². The van der Waals surface area contributed by atoms with Gasteiger partial charge in [0.15, 0.2) is 0 Å². The van der Waals surface area contributed by atoms with Gasteiger partial charge >= 0.3 is 5.97 Å². The number of carboxylic acids is 1. The van der Waals surface area contributed by atoms with E-state index in [9.17, 15) is 4.79 Å². The first-order valence-corrected chi connectivity index (χ1v) is 6.10. The van der Waals surface area contributed by atoms with E-state index in [1.54, 1.807) is 7.11 Å². The molecule has 0 amide bonds. The zero-order valence-electron chi connectivity index (χ0n) is 10.7. The van der Waals surface area contributed by atoms with E-state index in [0.717, 1.165) is 24.2 Å². The first kappa shape index (κ1) is 13.6. The Morgan fingerprint density at radius 1 is 1.41 bits per heavy atom. The number of aryl methyl sites for hydroxylation is 1. The van der Waals surface area contributed by atoms with Crippen molar-refractivity contribution >= 4 is 5.97 Å². The van der Waals surface area contributed by atoms with Crippen LogP contribution in [0.2, 0.25) is 0 Å². The molecule has 0 aromatic heterocycles. The molecule has 1 unspecified atom stereocenters. The van der Waals surface area contributed by atoms with Crippen LogP contribution in [0.15, 0.2) is 18.2 Å². The summed E-state index contributed by atoms with van der Waals surface area (Å²) in [4.78, 5) is 10.9. The quantitative estimate of drug-likeness (QED) is 0.858. The predicted octanol–water partition coefficient (Wildman–Crippen LogP) is 2.91. The second-order valence-corrected chi connectivity index (χ2v) is 3.88. The summed E-state index contributed by atoms with van der Waals surface area (Å²) in [5.74, 6) is -0.140. The summed E-state index contributed by atoms with van der Waals surface area (Å²) in [5.41, 5.74) is 2.30. The number of rotatable bonds is 2. The van der Waals surface area contributed by atoms with Gasteiger partial charge in [-0.3, -0.25) is 4.79 Å². The van der Waals surface area contributed by atoms with Crippen molar-refractivity contribution < 1.29 is 14.6 Å². The van der Waals surface area contributed by atoms with E-state index in [-0.39, 0.29) is 5.92 Å². The highest BCUT2D eigenvalue weighted by molar-refractivity contribution is 5.71. The summed E-state index contributed by atoms with van der Waals surface area (Å²) in [6.07, 6.45) is 2.16. The molecule has 0 fully saturated rings. The second-order valence-electron chi connectivity index (χ2n) is 3.88. The molecule has 0 saturated carbocycles. The maximum absolute atomic E-state index is 10.9. The third-order valence-electron chi connectivity index (χ3n) is 3.01. The van der Waals surface area contributed by atoms with Crippen LogP contribution >= 0.6 is 0 Å². The van der Waals surface area contributed by atoms with Crippen molar-refractivity contribution in [1.82, 2.24) is 0 Å². The van der Waals surface area contributed by atoms with Crippen molar-refractivity contribution in [2.45, 2.75) is 33.1 Å². The first-order valence-electron chi connectivity index (χ1n) is 6.10. The Morgan fingerprint density at radius 2 is 2.12 bits per heavy atom. The Kier molecular flexibility index (Phi) is 5.01. The minimum Gasteiger partial charge on any atom is -0.496 e. The summed E-state index contributed by atoms with van der Waals surface area (Å²) in [7, 11) is 1.62. The van der Waals surface area contributed by atoms with Crippen LogP contribution in [0.3, 0.4) is 0 Å². The summed E-state index contributed by atoms with van der Waals surface area (Å²) in [6.45, 7) is 4.00. The number of ether oxygens (including phenoxy) is 1. The fourth-order valence-corrected chi connectivity index (χ4v) is 2.16. The van der Waals surface area contributed by atoms with Crippen LogP contribution in [0, 0.1) is 5.92 Å². The lowest BCUT2D eigenvalue weighted by Crippen LogP contribution is -2.22. The van der Waals surface area contributed by atoms with Crippen LogP contribution in [0.1, 0.15) is 31.4 Å². The lowest BCUT2D eigenvalue weighted by Gasteiger charge is -2.23. The molecule has 0 radical (unpaired) electrons. The van der Waals surface area contributed by atoms with Crippen LogP contribution in [-0.2, 0) is 17.6 Å². The molecule has 1 N–H and O–H groups in total. The number of hydrogen-bond donors (Lipinski definition) is 1. The van der Waals surface area contributed by atoms with Gasteiger partial charge in [0.05, 0.1) is 13.0 Å². The SMILES string of the molecule is CC.COc1cccc2c1CC(C(=O)O)CC2. The molecule has 17 heavy (non-hydrogen) atoms. The zero-order valence-corrected chi connectivity index (χ0v) is 10.7. The van der Waals surface area contributed by atoms with Gasteiger partial charge in [-0.25, -0.2) is 0 Å². The summed E-state index contributed by atoms with van der Waals surface area (Å²) in [5, 5.41) is 8.99. The third-order valence-corrected chi connectivity index (χ3v) is 3.01. The van der Waals surface area contributed by atoms with Gasteiger partial charge in [-0.2, -0.15) is 0 Å². The Labute approximate surface area is 102 Å². The van der Waals surface area contributed by atoms with E-state index >= 15 is 0 Å². The van der Waals surface area contributed by atoms with Gasteiger partial charge in [0.2, 0.25) is 0 Å². The number of aliphatic carboxylic acids is 1. The summed E-state index contributed by atoms with van der Waals surface area (Å²) in [6, 6.07) is 5.90. The largest absolute Gasteiger partial charge is 0.496 e. The molecule has 1 aliphatic carbocycles. The second kappa shape index (κ2) is 6.28. The van der Waals surface area contributed by atoms with Crippen LogP contribution in [0.25, 0.3) is 0 Å². The van der Waals surface area contributed by atoms with Crippen molar-refractivity contribution in [3.05, 3.63) is 29.3 Å².